The molecule has 0 radical (unpaired) electrons. The van der Waals surface area contributed by atoms with Crippen LogP contribution in [0, 0.1) is 5.92 Å². The number of aliphatic hydroxyl groups is 1. The number of amides is 1. The number of para-hydroxylation sites is 1. The summed E-state index contributed by atoms with van der Waals surface area (Å²) in [6.45, 7) is 0. The number of hydrogen-bond donors (Lipinski definition) is 3. The number of aliphatic hydroxyl groups excluding tert-OH is 1. The molecular formula is C30H26ClNO6S. The second-order valence-electron chi connectivity index (χ2n) is 9.49. The molecule has 200 valence electrons. The molecule has 1 amide bonds. The molecule has 0 aliphatic carbocycles. The summed E-state index contributed by atoms with van der Waals surface area (Å²) in [5.41, 5.74) is 2.87. The summed E-state index contributed by atoms with van der Waals surface area (Å²) in [6.07, 6.45) is -0.166. The predicted octanol–water partition coefficient (Wildman–Crippen LogP) is 6.18. The van der Waals surface area contributed by atoms with Crippen LogP contribution in [0.4, 0.5) is 5.69 Å². The lowest BCUT2D eigenvalue weighted by Gasteiger charge is -2.48. The third-order valence-corrected chi connectivity index (χ3v) is 8.27. The van der Waals surface area contributed by atoms with Crippen LogP contribution in [0.1, 0.15) is 36.1 Å². The van der Waals surface area contributed by atoms with Crippen LogP contribution in [0.25, 0.3) is 11.1 Å². The summed E-state index contributed by atoms with van der Waals surface area (Å²) in [5, 5.41) is 22.3. The molecule has 4 aromatic rings. The SMILES string of the molecule is O=C1[C@H](CC[C@H](O)c2ccccc2Cl)[C@@H](c2ccc(-c3cccc(S(=O)(=O)O)c3)cc2O)N1c1ccccc1. The third-order valence-electron chi connectivity index (χ3n) is 7.08. The second-order valence-corrected chi connectivity index (χ2v) is 11.3. The molecule has 0 saturated carbocycles. The highest BCUT2D eigenvalue weighted by Gasteiger charge is 2.49. The smallest absolute Gasteiger partial charge is 0.294 e. The number of phenolic OH excluding ortho intramolecular Hbond substituents is 1. The van der Waals surface area contributed by atoms with Gasteiger partial charge in [0.15, 0.2) is 0 Å². The summed E-state index contributed by atoms with van der Waals surface area (Å²) in [4.78, 5) is 14.7. The zero-order valence-electron chi connectivity index (χ0n) is 20.7. The minimum absolute atomic E-state index is 0.0557. The van der Waals surface area contributed by atoms with Gasteiger partial charge in [0.05, 0.1) is 23.0 Å². The first kappa shape index (κ1) is 26.9. The Morgan fingerprint density at radius 1 is 0.872 bits per heavy atom. The fourth-order valence-corrected chi connectivity index (χ4v) is 5.90. The Labute approximate surface area is 231 Å². The van der Waals surface area contributed by atoms with E-state index in [9.17, 15) is 28.0 Å². The molecule has 4 aromatic carbocycles. The molecule has 0 aromatic heterocycles. The standard InChI is InChI=1S/C30H26ClNO6S/c31-26-12-5-4-11-23(26)27(33)16-15-25-29(32(30(25)35)21-8-2-1-3-9-21)24-14-13-20(18-28(24)34)19-7-6-10-22(17-19)39(36,37)38/h1-14,17-18,25,27,29,33-34H,15-16H2,(H,36,37,38)/t25-,27+,29-/m1/s1. The third kappa shape index (κ3) is 5.42. The number of benzene rings is 4. The van der Waals surface area contributed by atoms with Crippen LogP contribution >= 0.6 is 11.6 Å². The van der Waals surface area contributed by atoms with Crippen LogP contribution in [0.15, 0.2) is 102 Å². The predicted molar refractivity (Wildman–Crippen MR) is 149 cm³/mol. The molecule has 1 saturated heterocycles. The van der Waals surface area contributed by atoms with E-state index in [0.717, 1.165) is 0 Å². The molecule has 3 atom stereocenters. The van der Waals surface area contributed by atoms with Crippen molar-refractivity contribution in [1.82, 2.24) is 0 Å². The molecule has 5 rings (SSSR count). The molecule has 0 spiro atoms. The number of carbonyl (C=O) groups excluding carboxylic acids is 1. The Morgan fingerprint density at radius 3 is 2.26 bits per heavy atom. The van der Waals surface area contributed by atoms with Crippen LogP contribution in [-0.2, 0) is 14.9 Å². The summed E-state index contributed by atoms with van der Waals surface area (Å²) >= 11 is 6.24. The summed E-state index contributed by atoms with van der Waals surface area (Å²) in [5.74, 6) is -0.649. The van der Waals surface area contributed by atoms with E-state index in [0.29, 0.717) is 45.8 Å². The topological polar surface area (TPSA) is 115 Å². The fourth-order valence-electron chi connectivity index (χ4n) is 5.11. The van der Waals surface area contributed by atoms with Crippen LogP contribution in [0.3, 0.4) is 0 Å². The average molecular weight is 564 g/mol. The zero-order valence-corrected chi connectivity index (χ0v) is 22.3. The maximum absolute atomic E-state index is 13.3. The fraction of sp³-hybridized carbons (Fsp3) is 0.167. The lowest BCUT2D eigenvalue weighted by Crippen LogP contribution is -2.55. The van der Waals surface area contributed by atoms with E-state index in [-0.39, 0.29) is 16.6 Å². The number of phenols is 1. The molecule has 1 heterocycles. The van der Waals surface area contributed by atoms with Crippen molar-refractivity contribution in [2.75, 3.05) is 4.90 Å². The Kier molecular flexibility index (Phi) is 7.46. The second kappa shape index (κ2) is 10.8. The van der Waals surface area contributed by atoms with Gasteiger partial charge >= 0.3 is 0 Å². The van der Waals surface area contributed by atoms with E-state index in [2.05, 4.69) is 0 Å². The van der Waals surface area contributed by atoms with E-state index < -0.39 is 28.2 Å². The van der Waals surface area contributed by atoms with E-state index in [1.165, 1.54) is 24.3 Å². The van der Waals surface area contributed by atoms with E-state index >= 15 is 0 Å². The van der Waals surface area contributed by atoms with Gasteiger partial charge in [0.25, 0.3) is 10.1 Å². The van der Waals surface area contributed by atoms with E-state index in [1.54, 1.807) is 47.4 Å². The minimum atomic E-state index is -4.38. The van der Waals surface area contributed by atoms with Crippen molar-refractivity contribution in [2.45, 2.75) is 29.9 Å². The van der Waals surface area contributed by atoms with Crippen LogP contribution in [0.5, 0.6) is 5.75 Å². The molecule has 0 unspecified atom stereocenters. The van der Waals surface area contributed by atoms with E-state index in [4.69, 9.17) is 11.6 Å². The monoisotopic (exact) mass is 563 g/mol. The lowest BCUT2D eigenvalue weighted by molar-refractivity contribution is -0.131. The van der Waals surface area contributed by atoms with Gasteiger partial charge < -0.3 is 15.1 Å². The number of halogens is 1. The van der Waals surface area contributed by atoms with Gasteiger partial charge in [-0.1, -0.05) is 72.3 Å². The van der Waals surface area contributed by atoms with Crippen molar-refractivity contribution in [3.05, 3.63) is 113 Å². The molecule has 1 aliphatic heterocycles. The molecule has 3 N–H and O–H groups in total. The summed E-state index contributed by atoms with van der Waals surface area (Å²) < 4.78 is 32.5. The maximum atomic E-state index is 13.3. The van der Waals surface area contributed by atoms with Crippen LogP contribution < -0.4 is 4.90 Å². The van der Waals surface area contributed by atoms with Gasteiger partial charge in [-0.3, -0.25) is 9.35 Å². The Hall–Kier alpha value is -3.69. The van der Waals surface area contributed by atoms with Crippen molar-refractivity contribution < 1.29 is 28.0 Å². The highest BCUT2D eigenvalue weighted by molar-refractivity contribution is 7.85. The van der Waals surface area contributed by atoms with Gasteiger partial charge in [-0.2, -0.15) is 8.42 Å². The minimum Gasteiger partial charge on any atom is -0.508 e. The number of β-lactam (4-membered cyclic amide) rings is 1. The van der Waals surface area contributed by atoms with Gasteiger partial charge in [-0.25, -0.2) is 0 Å². The normalized spacial score (nSPS) is 18.0. The highest BCUT2D eigenvalue weighted by atomic mass is 35.5. The van der Waals surface area contributed by atoms with Gasteiger partial charge in [-0.15, -0.1) is 0 Å². The molecule has 9 heteroatoms. The van der Waals surface area contributed by atoms with Crippen LogP contribution in [0.2, 0.25) is 5.02 Å². The van der Waals surface area contributed by atoms with Gasteiger partial charge in [0.1, 0.15) is 5.75 Å². The van der Waals surface area contributed by atoms with Gasteiger partial charge in [0.2, 0.25) is 5.91 Å². The van der Waals surface area contributed by atoms with E-state index in [1.807, 2.05) is 30.3 Å². The number of nitrogens with zero attached hydrogens (tertiary/aromatic N) is 1. The molecule has 0 bridgehead atoms. The lowest BCUT2D eigenvalue weighted by atomic mass is 9.77. The highest BCUT2D eigenvalue weighted by Crippen LogP contribution is 2.49. The van der Waals surface area contributed by atoms with Crippen molar-refractivity contribution >= 4 is 33.3 Å². The molecular weight excluding hydrogens is 538 g/mol. The number of anilines is 1. The Balaban J connectivity index is 1.45. The molecule has 1 aliphatic rings. The Bertz CT molecular complexity index is 1630. The summed E-state index contributed by atoms with van der Waals surface area (Å²) in [6, 6.07) is 26.5. The Morgan fingerprint density at radius 2 is 1.56 bits per heavy atom. The van der Waals surface area contributed by atoms with Gasteiger partial charge in [-0.05, 0) is 65.9 Å². The van der Waals surface area contributed by atoms with Crippen molar-refractivity contribution in [2.24, 2.45) is 5.92 Å². The first-order valence-electron chi connectivity index (χ1n) is 12.4. The first-order valence-corrected chi connectivity index (χ1v) is 14.2. The number of hydrogen-bond acceptors (Lipinski definition) is 5. The summed E-state index contributed by atoms with van der Waals surface area (Å²) in [7, 11) is -4.38. The van der Waals surface area contributed by atoms with Crippen molar-refractivity contribution in [3.8, 4) is 16.9 Å². The van der Waals surface area contributed by atoms with Gasteiger partial charge in [0, 0.05) is 16.3 Å². The van der Waals surface area contributed by atoms with Crippen molar-refractivity contribution in [1.29, 1.82) is 0 Å². The number of carbonyl (C=O) groups is 1. The zero-order chi connectivity index (χ0) is 27.7. The first-order chi connectivity index (χ1) is 18.6. The maximum Gasteiger partial charge on any atom is 0.294 e. The number of rotatable bonds is 8. The average Bonchev–Trinajstić information content (AvgIpc) is 2.92. The molecule has 39 heavy (non-hydrogen) atoms. The quantitative estimate of drug-likeness (QED) is 0.174. The molecule has 7 nitrogen and oxygen atoms in total. The number of aromatic hydroxyl groups is 1. The molecule has 1 fully saturated rings. The van der Waals surface area contributed by atoms with Crippen molar-refractivity contribution in [3.63, 3.8) is 0 Å². The van der Waals surface area contributed by atoms with Crippen LogP contribution in [-0.4, -0.2) is 29.1 Å². The largest absolute Gasteiger partial charge is 0.508 e.